The number of fused-ring (bicyclic) bond motifs is 3. The highest BCUT2D eigenvalue weighted by molar-refractivity contribution is 7.21. The first kappa shape index (κ1) is 21.5. The molecule has 0 unspecified atom stereocenters. The number of carbonyl (C=O) groups excluding carboxylic acids is 1. The van der Waals surface area contributed by atoms with Crippen molar-refractivity contribution in [2.45, 2.75) is 32.5 Å². The molecule has 0 bridgehead atoms. The Labute approximate surface area is 195 Å². The van der Waals surface area contributed by atoms with Crippen LogP contribution in [0.25, 0.3) is 10.2 Å². The van der Waals surface area contributed by atoms with Crippen LogP contribution in [0.3, 0.4) is 0 Å². The van der Waals surface area contributed by atoms with Crippen LogP contribution in [0.2, 0.25) is 5.02 Å². The van der Waals surface area contributed by atoms with Gasteiger partial charge in [0.2, 0.25) is 0 Å². The van der Waals surface area contributed by atoms with Gasteiger partial charge in [0.25, 0.3) is 11.7 Å². The van der Waals surface area contributed by atoms with Crippen molar-refractivity contribution in [1.29, 1.82) is 0 Å². The van der Waals surface area contributed by atoms with E-state index in [9.17, 15) is 4.79 Å². The number of ether oxygens (including phenoxy) is 2. The number of hydrogen-bond donors (Lipinski definition) is 2. The number of amides is 1. The number of aromatic nitrogens is 1. The molecule has 168 valence electrons. The Morgan fingerprint density at radius 1 is 1.25 bits per heavy atom. The van der Waals surface area contributed by atoms with Crippen LogP contribution in [0.4, 0.5) is 17.2 Å². The lowest BCUT2D eigenvalue weighted by molar-refractivity contribution is -0.329. The topological polar surface area (TPSA) is 91.0 Å². The number of thiophene rings is 1. The quantitative estimate of drug-likeness (QED) is 0.602. The molecule has 3 aromatic rings. The smallest absolute Gasteiger partial charge is 0.281 e. The van der Waals surface area contributed by atoms with Crippen LogP contribution < -0.4 is 20.9 Å². The monoisotopic (exact) mass is 473 g/mol. The van der Waals surface area contributed by atoms with E-state index in [2.05, 4.69) is 29.0 Å². The van der Waals surface area contributed by atoms with E-state index in [1.807, 2.05) is 12.1 Å². The Kier molecular flexibility index (Phi) is 5.49. The maximum atomic E-state index is 13.1. The van der Waals surface area contributed by atoms with Gasteiger partial charge in [0.05, 0.1) is 52.8 Å². The third kappa shape index (κ3) is 3.81. The van der Waals surface area contributed by atoms with Gasteiger partial charge in [-0.1, -0.05) is 35.1 Å². The minimum atomic E-state index is -0.308. The summed E-state index contributed by atoms with van der Waals surface area (Å²) in [5.74, 6) is 0.767. The molecular formula is C23H26ClN4O3S+. The lowest BCUT2D eigenvalue weighted by Gasteiger charge is -2.33. The number of carbonyl (C=O) groups is 1. The second-order valence-electron chi connectivity index (χ2n) is 8.74. The Morgan fingerprint density at radius 3 is 2.75 bits per heavy atom. The van der Waals surface area contributed by atoms with E-state index in [0.717, 1.165) is 46.7 Å². The minimum absolute atomic E-state index is 0.266. The standard InChI is InChI=1S/C23H25ClN4O3S/c1-23(2)11-13-14(12-31-23)20(28-7-9-30-10-8-28)27-22-17(13)18(25)19(32-22)21(29)26-16-6-4-3-5-15(16)24/h3-6H,7-12,25H2,1-2H3,(H,26,29)/p+1. The molecule has 5 rings (SSSR count). The summed E-state index contributed by atoms with van der Waals surface area (Å²) in [7, 11) is 0. The first-order valence-electron chi connectivity index (χ1n) is 10.7. The maximum absolute atomic E-state index is 13.1. The second kappa shape index (κ2) is 8.19. The SMILES string of the molecule is CC1(C)Cc2c(c(N3CCOCC3)[nH+]c3sc(C(=O)Nc4ccccc4Cl)c(N)c23)CO1. The highest BCUT2D eigenvalue weighted by Crippen LogP contribution is 2.42. The van der Waals surface area contributed by atoms with Crippen molar-refractivity contribution in [2.75, 3.05) is 42.3 Å². The Balaban J connectivity index is 1.62. The summed E-state index contributed by atoms with van der Waals surface area (Å²) >= 11 is 7.60. The summed E-state index contributed by atoms with van der Waals surface area (Å²) in [6.07, 6.45) is 0.720. The summed E-state index contributed by atoms with van der Waals surface area (Å²) in [4.78, 5) is 20.4. The highest BCUT2D eigenvalue weighted by atomic mass is 35.5. The Hall–Kier alpha value is -2.39. The Bertz CT molecular complexity index is 1200. The van der Waals surface area contributed by atoms with Crippen LogP contribution in [0.15, 0.2) is 24.3 Å². The molecule has 1 fully saturated rings. The molecule has 2 aliphatic heterocycles. The van der Waals surface area contributed by atoms with Gasteiger partial charge in [-0.2, -0.15) is 0 Å². The number of hydrogen-bond acceptors (Lipinski definition) is 6. The van der Waals surface area contributed by atoms with Gasteiger partial charge in [0, 0.05) is 6.42 Å². The lowest BCUT2D eigenvalue weighted by Crippen LogP contribution is -2.42. The fourth-order valence-corrected chi connectivity index (χ4v) is 5.60. The number of aromatic amines is 1. The first-order chi connectivity index (χ1) is 15.3. The van der Waals surface area contributed by atoms with Gasteiger partial charge in [-0.3, -0.25) is 9.69 Å². The number of anilines is 3. The molecule has 2 aromatic heterocycles. The predicted molar refractivity (Wildman–Crippen MR) is 128 cm³/mol. The van der Waals surface area contributed by atoms with E-state index >= 15 is 0 Å². The first-order valence-corrected chi connectivity index (χ1v) is 11.8. The number of benzene rings is 1. The van der Waals surface area contributed by atoms with Crippen molar-refractivity contribution < 1.29 is 19.3 Å². The van der Waals surface area contributed by atoms with Crippen molar-refractivity contribution in [2.24, 2.45) is 0 Å². The zero-order valence-electron chi connectivity index (χ0n) is 18.1. The second-order valence-corrected chi connectivity index (χ2v) is 10.2. The van der Waals surface area contributed by atoms with Gasteiger partial charge in [-0.15, -0.1) is 0 Å². The molecule has 4 N–H and O–H groups in total. The third-order valence-corrected chi connectivity index (χ3v) is 7.44. The van der Waals surface area contributed by atoms with Crippen LogP contribution in [-0.2, 0) is 22.5 Å². The molecule has 4 heterocycles. The van der Waals surface area contributed by atoms with E-state index in [4.69, 9.17) is 26.8 Å². The van der Waals surface area contributed by atoms with Gasteiger partial charge in [-0.05, 0) is 31.5 Å². The van der Waals surface area contributed by atoms with E-state index in [0.29, 0.717) is 41.1 Å². The molecule has 7 nitrogen and oxygen atoms in total. The summed E-state index contributed by atoms with van der Waals surface area (Å²) < 4.78 is 11.7. The molecule has 1 saturated heterocycles. The van der Waals surface area contributed by atoms with Crippen molar-refractivity contribution in [3.05, 3.63) is 45.3 Å². The number of nitrogens with two attached hydrogens (primary N) is 1. The molecule has 0 aliphatic carbocycles. The number of halogens is 1. The number of para-hydroxylation sites is 1. The summed E-state index contributed by atoms with van der Waals surface area (Å²) in [5, 5.41) is 4.30. The number of H-pyrrole nitrogens is 1. The Morgan fingerprint density at radius 2 is 2.00 bits per heavy atom. The average Bonchev–Trinajstić information content (AvgIpc) is 3.11. The van der Waals surface area contributed by atoms with Crippen molar-refractivity contribution in [3.63, 3.8) is 0 Å². The third-order valence-electron chi connectivity index (χ3n) is 5.99. The van der Waals surface area contributed by atoms with Crippen LogP contribution in [0.5, 0.6) is 0 Å². The summed E-state index contributed by atoms with van der Waals surface area (Å²) in [6.45, 7) is 7.64. The predicted octanol–water partition coefficient (Wildman–Crippen LogP) is 3.89. The highest BCUT2D eigenvalue weighted by Gasteiger charge is 2.36. The van der Waals surface area contributed by atoms with Crippen molar-refractivity contribution in [3.8, 4) is 0 Å². The number of pyridine rings is 1. The van der Waals surface area contributed by atoms with Gasteiger partial charge in [0.15, 0.2) is 4.83 Å². The van der Waals surface area contributed by atoms with E-state index in [1.165, 1.54) is 11.3 Å². The number of morpholine rings is 1. The maximum Gasteiger partial charge on any atom is 0.281 e. The van der Waals surface area contributed by atoms with Crippen molar-refractivity contribution >= 4 is 56.3 Å². The number of nitrogens with zero attached hydrogens (tertiary/aromatic N) is 1. The molecule has 1 amide bonds. The van der Waals surface area contributed by atoms with Gasteiger partial charge in [-0.25, -0.2) is 4.98 Å². The van der Waals surface area contributed by atoms with Gasteiger partial charge < -0.3 is 20.5 Å². The molecule has 0 atom stereocenters. The number of rotatable bonds is 3. The minimum Gasteiger partial charge on any atom is -0.397 e. The average molecular weight is 474 g/mol. The summed E-state index contributed by atoms with van der Waals surface area (Å²) in [5.41, 5.74) is 9.61. The fourth-order valence-electron chi connectivity index (χ4n) is 4.37. The molecular weight excluding hydrogens is 448 g/mol. The molecule has 9 heteroatoms. The van der Waals surface area contributed by atoms with Crippen LogP contribution in [0.1, 0.15) is 34.6 Å². The lowest BCUT2D eigenvalue weighted by atomic mass is 9.89. The number of nitrogen functional groups attached to an aromatic ring is 1. The fraction of sp³-hybridized carbons (Fsp3) is 0.391. The molecule has 1 aromatic carbocycles. The van der Waals surface area contributed by atoms with E-state index < -0.39 is 0 Å². The zero-order chi connectivity index (χ0) is 22.5. The molecule has 32 heavy (non-hydrogen) atoms. The largest absolute Gasteiger partial charge is 0.397 e. The summed E-state index contributed by atoms with van der Waals surface area (Å²) in [6, 6.07) is 7.17. The molecule has 0 spiro atoms. The van der Waals surface area contributed by atoms with Crippen LogP contribution in [0, 0.1) is 0 Å². The van der Waals surface area contributed by atoms with Gasteiger partial charge >= 0.3 is 0 Å². The van der Waals surface area contributed by atoms with Crippen molar-refractivity contribution in [1.82, 2.24) is 0 Å². The van der Waals surface area contributed by atoms with E-state index in [-0.39, 0.29) is 11.5 Å². The zero-order valence-corrected chi connectivity index (χ0v) is 19.7. The molecule has 0 radical (unpaired) electrons. The molecule has 2 aliphatic rings. The van der Waals surface area contributed by atoms with Crippen LogP contribution >= 0.6 is 22.9 Å². The van der Waals surface area contributed by atoms with Crippen LogP contribution in [-0.4, -0.2) is 37.8 Å². The number of nitrogens with one attached hydrogen (secondary N) is 2. The van der Waals surface area contributed by atoms with Gasteiger partial charge in [0.1, 0.15) is 18.0 Å². The normalized spacial score (nSPS) is 17.9. The van der Waals surface area contributed by atoms with E-state index in [1.54, 1.807) is 12.1 Å². The molecule has 0 saturated carbocycles.